The van der Waals surface area contributed by atoms with Crippen molar-refractivity contribution in [2.75, 3.05) is 6.61 Å². The Morgan fingerprint density at radius 3 is 2.45 bits per heavy atom. The predicted octanol–water partition coefficient (Wildman–Crippen LogP) is 3.42. The number of hydrogen-bond donors (Lipinski definition) is 2. The van der Waals surface area contributed by atoms with Gasteiger partial charge in [0.2, 0.25) is 0 Å². The van der Waals surface area contributed by atoms with Gasteiger partial charge >= 0.3 is 0 Å². The number of nitrogens with one attached hydrogen (secondary N) is 1. The van der Waals surface area contributed by atoms with Crippen LogP contribution in [-0.2, 0) is 4.74 Å². The van der Waals surface area contributed by atoms with Gasteiger partial charge in [0.05, 0.1) is 6.10 Å². The van der Waals surface area contributed by atoms with Crippen LogP contribution >= 0.6 is 0 Å². The van der Waals surface area contributed by atoms with E-state index < -0.39 is 0 Å². The summed E-state index contributed by atoms with van der Waals surface area (Å²) in [5.74, 6) is 6.55. The zero-order valence-corrected chi connectivity index (χ0v) is 12.2. The molecular formula is C17H26N2O. The molecule has 0 amide bonds. The summed E-state index contributed by atoms with van der Waals surface area (Å²) in [6.45, 7) is 0.905. The lowest BCUT2D eigenvalue weighted by atomic mass is 9.79. The second-order valence-electron chi connectivity index (χ2n) is 6.24. The van der Waals surface area contributed by atoms with E-state index >= 15 is 0 Å². The average Bonchev–Trinajstić information content (AvgIpc) is 2.45. The Balaban J connectivity index is 1.62. The first-order valence-corrected chi connectivity index (χ1v) is 8.04. The molecule has 0 bridgehead atoms. The fourth-order valence-corrected chi connectivity index (χ4v) is 3.30. The van der Waals surface area contributed by atoms with Crippen LogP contribution in [0.15, 0.2) is 24.3 Å². The van der Waals surface area contributed by atoms with Crippen molar-refractivity contribution in [3.05, 3.63) is 35.4 Å². The molecule has 1 saturated heterocycles. The van der Waals surface area contributed by atoms with Gasteiger partial charge in [0.1, 0.15) is 0 Å². The molecule has 3 rings (SSSR count). The minimum atomic E-state index is 0.202. The molecule has 2 unspecified atom stereocenters. The molecule has 3 heteroatoms. The molecule has 0 radical (unpaired) electrons. The Morgan fingerprint density at radius 1 is 1.10 bits per heavy atom. The minimum Gasteiger partial charge on any atom is -0.378 e. The van der Waals surface area contributed by atoms with E-state index in [0.29, 0.717) is 6.10 Å². The molecule has 1 aromatic carbocycles. The van der Waals surface area contributed by atoms with E-state index in [-0.39, 0.29) is 6.04 Å². The van der Waals surface area contributed by atoms with Crippen LogP contribution in [0.4, 0.5) is 0 Å². The monoisotopic (exact) mass is 274 g/mol. The standard InChI is InChI=1S/C17H26N2O/c18-19-17(12-16-6-1-2-11-20-16)15-9-7-14(8-10-15)13-4-3-5-13/h7-10,13,16-17,19H,1-6,11-12,18H2. The molecule has 110 valence electrons. The highest BCUT2D eigenvalue weighted by Gasteiger charge is 2.22. The Hall–Kier alpha value is -0.900. The number of rotatable bonds is 5. The van der Waals surface area contributed by atoms with E-state index in [4.69, 9.17) is 10.6 Å². The Bertz CT molecular complexity index is 408. The fraction of sp³-hybridized carbons (Fsp3) is 0.647. The first kappa shape index (κ1) is 14.1. The molecule has 2 fully saturated rings. The maximum absolute atomic E-state index is 5.82. The van der Waals surface area contributed by atoms with E-state index in [1.807, 2.05) is 0 Å². The summed E-state index contributed by atoms with van der Waals surface area (Å²) >= 11 is 0. The third-order valence-corrected chi connectivity index (χ3v) is 4.89. The smallest absolute Gasteiger partial charge is 0.0593 e. The molecule has 1 aromatic rings. The number of hydrogen-bond acceptors (Lipinski definition) is 3. The van der Waals surface area contributed by atoms with E-state index in [9.17, 15) is 0 Å². The molecule has 1 aliphatic carbocycles. The van der Waals surface area contributed by atoms with E-state index in [2.05, 4.69) is 29.7 Å². The van der Waals surface area contributed by atoms with Gasteiger partial charge in [-0.3, -0.25) is 11.3 Å². The summed E-state index contributed by atoms with van der Waals surface area (Å²) in [7, 11) is 0. The van der Waals surface area contributed by atoms with Crippen molar-refractivity contribution in [1.29, 1.82) is 0 Å². The quantitative estimate of drug-likeness (QED) is 0.639. The Kier molecular flexibility index (Phi) is 4.71. The van der Waals surface area contributed by atoms with Crippen molar-refractivity contribution >= 4 is 0 Å². The van der Waals surface area contributed by atoms with Gasteiger partial charge < -0.3 is 4.74 Å². The van der Waals surface area contributed by atoms with Gasteiger partial charge in [-0.15, -0.1) is 0 Å². The van der Waals surface area contributed by atoms with Gasteiger partial charge in [0.25, 0.3) is 0 Å². The van der Waals surface area contributed by atoms with Crippen molar-refractivity contribution < 1.29 is 4.74 Å². The maximum atomic E-state index is 5.82. The van der Waals surface area contributed by atoms with Crippen molar-refractivity contribution in [1.82, 2.24) is 5.43 Å². The Morgan fingerprint density at radius 2 is 1.90 bits per heavy atom. The predicted molar refractivity (Wildman–Crippen MR) is 81.3 cm³/mol. The SMILES string of the molecule is NNC(CC1CCCCO1)c1ccc(C2CCC2)cc1. The summed E-state index contributed by atoms with van der Waals surface area (Å²) in [5.41, 5.74) is 5.73. The highest BCUT2D eigenvalue weighted by atomic mass is 16.5. The third-order valence-electron chi connectivity index (χ3n) is 4.89. The van der Waals surface area contributed by atoms with Crippen molar-refractivity contribution in [3.63, 3.8) is 0 Å². The highest BCUT2D eigenvalue weighted by molar-refractivity contribution is 5.28. The molecule has 1 aliphatic heterocycles. The minimum absolute atomic E-state index is 0.202. The zero-order valence-electron chi connectivity index (χ0n) is 12.2. The van der Waals surface area contributed by atoms with Crippen LogP contribution in [0.5, 0.6) is 0 Å². The van der Waals surface area contributed by atoms with E-state index in [1.165, 1.54) is 49.7 Å². The van der Waals surface area contributed by atoms with Gasteiger partial charge in [-0.25, -0.2) is 0 Å². The lowest BCUT2D eigenvalue weighted by Gasteiger charge is -2.28. The van der Waals surface area contributed by atoms with Gasteiger partial charge in [-0.2, -0.15) is 0 Å². The van der Waals surface area contributed by atoms with Crippen molar-refractivity contribution in [3.8, 4) is 0 Å². The number of ether oxygens (including phenoxy) is 1. The number of benzene rings is 1. The van der Waals surface area contributed by atoms with Gasteiger partial charge in [0.15, 0.2) is 0 Å². The maximum Gasteiger partial charge on any atom is 0.0593 e. The third kappa shape index (κ3) is 3.22. The molecular weight excluding hydrogens is 248 g/mol. The molecule has 2 atom stereocenters. The summed E-state index contributed by atoms with van der Waals surface area (Å²) in [6, 6.07) is 9.24. The molecule has 0 spiro atoms. The second-order valence-corrected chi connectivity index (χ2v) is 6.24. The van der Waals surface area contributed by atoms with Crippen LogP contribution < -0.4 is 11.3 Å². The second kappa shape index (κ2) is 6.70. The summed E-state index contributed by atoms with van der Waals surface area (Å²) in [6.07, 6.45) is 9.07. The van der Waals surface area contributed by atoms with Gasteiger partial charge in [-0.1, -0.05) is 30.7 Å². The zero-order chi connectivity index (χ0) is 13.8. The van der Waals surface area contributed by atoms with Crippen molar-refractivity contribution in [2.24, 2.45) is 5.84 Å². The van der Waals surface area contributed by atoms with Crippen LogP contribution in [0.2, 0.25) is 0 Å². The molecule has 1 heterocycles. The highest BCUT2D eigenvalue weighted by Crippen LogP contribution is 2.36. The fourth-order valence-electron chi connectivity index (χ4n) is 3.30. The number of hydrazine groups is 1. The van der Waals surface area contributed by atoms with Crippen LogP contribution in [0.1, 0.15) is 68.0 Å². The van der Waals surface area contributed by atoms with Crippen LogP contribution in [0.25, 0.3) is 0 Å². The molecule has 3 N–H and O–H groups in total. The topological polar surface area (TPSA) is 47.3 Å². The van der Waals surface area contributed by atoms with Crippen molar-refractivity contribution in [2.45, 2.75) is 63.0 Å². The lowest BCUT2D eigenvalue weighted by molar-refractivity contribution is 0.00502. The summed E-state index contributed by atoms with van der Waals surface area (Å²) in [5, 5.41) is 0. The van der Waals surface area contributed by atoms with Crippen LogP contribution in [0.3, 0.4) is 0 Å². The average molecular weight is 274 g/mol. The molecule has 3 nitrogen and oxygen atoms in total. The van der Waals surface area contributed by atoms with E-state index in [0.717, 1.165) is 18.9 Å². The first-order valence-electron chi connectivity index (χ1n) is 8.04. The van der Waals surface area contributed by atoms with Crippen LogP contribution in [0, 0.1) is 0 Å². The van der Waals surface area contributed by atoms with Crippen LogP contribution in [-0.4, -0.2) is 12.7 Å². The first-order chi connectivity index (χ1) is 9.86. The normalized spacial score (nSPS) is 25.1. The lowest BCUT2D eigenvalue weighted by Crippen LogP contribution is -2.32. The molecule has 1 saturated carbocycles. The summed E-state index contributed by atoms with van der Waals surface area (Å²) in [4.78, 5) is 0. The van der Waals surface area contributed by atoms with Gasteiger partial charge in [0, 0.05) is 12.6 Å². The summed E-state index contributed by atoms with van der Waals surface area (Å²) < 4.78 is 5.82. The van der Waals surface area contributed by atoms with Gasteiger partial charge in [-0.05, 0) is 55.6 Å². The Labute approximate surface area is 121 Å². The molecule has 2 aliphatic rings. The largest absolute Gasteiger partial charge is 0.378 e. The molecule has 0 aromatic heterocycles. The molecule has 20 heavy (non-hydrogen) atoms. The number of nitrogens with two attached hydrogens (primary N) is 1. The van der Waals surface area contributed by atoms with E-state index in [1.54, 1.807) is 0 Å².